The first-order chi connectivity index (χ1) is 29.8. The number of fused-ring (bicyclic) bond motifs is 8. The average Bonchev–Trinajstić information content (AvgIpc) is 3.78. The smallest absolute Gasteiger partial charge is 0.135 e. The van der Waals surface area contributed by atoms with Gasteiger partial charge in [-0.05, 0) is 90.6 Å². The Balaban J connectivity index is 1.65. The fourth-order valence-corrected chi connectivity index (χ4v) is 5.21. The molecular formula is C39H24O. The lowest BCUT2D eigenvalue weighted by molar-refractivity contribution is 0.669. The maximum Gasteiger partial charge on any atom is 0.135 e. The van der Waals surface area contributed by atoms with E-state index in [4.69, 9.17) is 25.0 Å². The van der Waals surface area contributed by atoms with E-state index < -0.39 is 227 Å². The highest BCUT2D eigenvalue weighted by Gasteiger charge is 2.24. The van der Waals surface area contributed by atoms with Gasteiger partial charge in [0.25, 0.3) is 0 Å². The number of furan rings is 1. The van der Waals surface area contributed by atoms with Gasteiger partial charge in [-0.3, -0.25) is 0 Å². The Labute approximate surface area is 265 Å². The summed E-state index contributed by atoms with van der Waals surface area (Å²) in [7, 11) is 0. The highest BCUT2D eigenvalue weighted by atomic mass is 16.3. The summed E-state index contributed by atoms with van der Waals surface area (Å²) in [6, 6.07) is -19.4. The lowest BCUT2D eigenvalue weighted by Gasteiger charge is -2.19. The van der Waals surface area contributed by atoms with Gasteiger partial charge in [0.15, 0.2) is 0 Å². The van der Waals surface area contributed by atoms with E-state index in [9.17, 15) is 12.3 Å². The highest BCUT2D eigenvalue weighted by molar-refractivity contribution is 6.23. The molecule has 0 unspecified atom stereocenters. The van der Waals surface area contributed by atoms with E-state index in [1.54, 1.807) is 0 Å². The molecule has 1 aromatic heterocycles. The van der Waals surface area contributed by atoms with Crippen LogP contribution in [-0.2, 0) is 6.37 Å². The molecule has 0 fully saturated rings. The molecule has 1 heterocycles. The zero-order chi connectivity index (χ0) is 47.1. The van der Waals surface area contributed by atoms with Crippen LogP contribution in [0.25, 0.3) is 76.9 Å². The van der Waals surface area contributed by atoms with Gasteiger partial charge in [0, 0.05) is 13.5 Å². The Kier molecular flexibility index (Phi) is 1.83. The number of hydrogen-bond acceptors (Lipinski definition) is 1. The molecule has 1 aliphatic carbocycles. The van der Waals surface area contributed by atoms with Crippen molar-refractivity contribution in [1.29, 1.82) is 0 Å². The largest absolute Gasteiger partial charge is 0.456 e. The van der Waals surface area contributed by atoms with Crippen molar-refractivity contribution in [1.82, 2.24) is 0 Å². The molecule has 0 bridgehead atoms. The minimum atomic E-state index is -2.98. The number of hydrogen-bond donors (Lipinski definition) is 0. The molecule has 0 spiro atoms. The van der Waals surface area contributed by atoms with E-state index in [-0.39, 0.29) is 0 Å². The SMILES string of the molecule is [2H]c1c([2H])c([2H])c2c(c1[2H])-c1c(-c3c4c([2H])c([2H])c([2H])c([2H])c4c(-c4c([2H])c([2H])c5oc6c([2H])c([2H])c([2H])c([2H])c6c5c4[2H])c4c([2H])c([2H])c([2H])c([2H])c34)c([2H])c([2H])c([2H])c1C2([2H])[2H]. The van der Waals surface area contributed by atoms with Gasteiger partial charge in [-0.25, -0.2) is 0 Å². The van der Waals surface area contributed by atoms with Crippen LogP contribution in [0.5, 0.6) is 0 Å². The maximum absolute atomic E-state index is 9.62. The summed E-state index contributed by atoms with van der Waals surface area (Å²) in [6.45, 7) is 0. The molecule has 0 saturated heterocycles. The molecule has 7 aromatic carbocycles. The van der Waals surface area contributed by atoms with E-state index in [0.29, 0.717) is 0 Å². The molecule has 0 amide bonds. The van der Waals surface area contributed by atoms with E-state index >= 15 is 0 Å². The second kappa shape index (κ2) is 8.18. The second-order valence-corrected chi connectivity index (χ2v) is 8.89. The van der Waals surface area contributed by atoms with Crippen LogP contribution >= 0.6 is 0 Å². The quantitative estimate of drug-likeness (QED) is 0.202. The van der Waals surface area contributed by atoms with Crippen LogP contribution in [0, 0.1) is 0 Å². The second-order valence-electron chi connectivity index (χ2n) is 8.89. The van der Waals surface area contributed by atoms with Crippen molar-refractivity contribution >= 4 is 43.5 Å². The molecule has 1 aliphatic rings. The van der Waals surface area contributed by atoms with Crippen molar-refractivity contribution < 1.29 is 37.3 Å². The predicted octanol–water partition coefficient (Wildman–Crippen LogP) is 10.8. The molecule has 0 atom stereocenters. The van der Waals surface area contributed by atoms with Crippen LogP contribution in [0.2, 0.25) is 0 Å². The van der Waals surface area contributed by atoms with Crippen molar-refractivity contribution in [2.45, 2.75) is 6.37 Å². The molecule has 9 rings (SSSR count). The van der Waals surface area contributed by atoms with E-state index in [0.717, 1.165) is 0 Å². The molecule has 0 N–H and O–H groups in total. The Hall–Kier alpha value is -5.14. The number of para-hydroxylation sites is 1. The van der Waals surface area contributed by atoms with E-state index in [2.05, 4.69) is 0 Å². The monoisotopic (exact) mass is 532 g/mol. The van der Waals surface area contributed by atoms with Crippen LogP contribution < -0.4 is 0 Å². The van der Waals surface area contributed by atoms with E-state index in [1.165, 1.54) is 0 Å². The summed E-state index contributed by atoms with van der Waals surface area (Å²) >= 11 is 0. The molecular weight excluding hydrogens is 484 g/mol. The van der Waals surface area contributed by atoms with Crippen LogP contribution in [0.4, 0.5) is 0 Å². The molecule has 40 heavy (non-hydrogen) atoms. The van der Waals surface area contributed by atoms with E-state index in [1.807, 2.05) is 0 Å². The Morgan fingerprint density at radius 1 is 0.450 bits per heavy atom. The molecule has 1 nitrogen and oxygen atoms in total. The third-order valence-electron chi connectivity index (χ3n) is 6.82. The van der Waals surface area contributed by atoms with Gasteiger partial charge < -0.3 is 4.42 Å². The molecule has 8 aromatic rings. The van der Waals surface area contributed by atoms with Crippen LogP contribution in [-0.4, -0.2) is 0 Å². The summed E-state index contributed by atoms with van der Waals surface area (Å²) in [5.41, 5.74) is -6.38. The van der Waals surface area contributed by atoms with Crippen molar-refractivity contribution in [3.8, 4) is 33.4 Å². The zero-order valence-electron chi connectivity index (χ0n) is 43.9. The molecule has 0 aliphatic heterocycles. The summed E-state index contributed by atoms with van der Waals surface area (Å²) in [6.07, 6.45) is -2.98. The van der Waals surface area contributed by atoms with Gasteiger partial charge >= 0.3 is 0 Å². The third kappa shape index (κ3) is 2.98. The summed E-state index contributed by atoms with van der Waals surface area (Å²) in [4.78, 5) is 0. The fourth-order valence-electron chi connectivity index (χ4n) is 5.21. The highest BCUT2D eigenvalue weighted by Crippen LogP contribution is 2.49. The minimum absolute atomic E-state index is 0.403. The first-order valence-corrected chi connectivity index (χ1v) is 11.9. The van der Waals surface area contributed by atoms with Gasteiger partial charge in [0.05, 0.1) is 30.2 Å². The molecule has 1 heteroatoms. The first kappa shape index (κ1) is 8.94. The molecule has 0 radical (unpaired) electrons. The predicted molar refractivity (Wildman–Crippen MR) is 168 cm³/mol. The van der Waals surface area contributed by atoms with Gasteiger partial charge in [-0.15, -0.1) is 0 Å². The Morgan fingerprint density at radius 2 is 1.02 bits per heavy atom. The minimum Gasteiger partial charge on any atom is -0.456 e. The van der Waals surface area contributed by atoms with Crippen molar-refractivity contribution in [3.63, 3.8) is 0 Å². The lowest BCUT2D eigenvalue weighted by Crippen LogP contribution is -1.93. The van der Waals surface area contributed by atoms with Gasteiger partial charge in [-0.1, -0.05) is 115 Å². The molecule has 0 saturated carbocycles. The van der Waals surface area contributed by atoms with Gasteiger partial charge in [-0.2, -0.15) is 0 Å². The standard InChI is InChI=1S/C39H24O/c1-2-12-27-24(10-1)22-25-11-9-18-33(37(25)27)39-31-16-5-3-14-29(31)38(30-15-4-6-17-32(30)39)26-20-21-36-34(23-26)28-13-7-8-19-35(28)40-36/h1-21,23H,22H2/i1D,2D,3D,4D,5D,6D,7D,8D,9D,10D,11D,12D,13D,14D,15D,16D,17D,18D,19D,20D,21D,22D2,23D. The van der Waals surface area contributed by atoms with Crippen molar-refractivity contribution in [2.75, 3.05) is 0 Å². The Bertz CT molecular complexity index is 3530. The summed E-state index contributed by atoms with van der Waals surface area (Å²) < 4.78 is 220. The average molecular weight is 533 g/mol. The topological polar surface area (TPSA) is 13.1 Å². The van der Waals surface area contributed by atoms with Crippen LogP contribution in [0.15, 0.2) is 137 Å². The number of rotatable bonds is 2. The van der Waals surface area contributed by atoms with Crippen molar-refractivity contribution in [2.24, 2.45) is 0 Å². The summed E-state index contributed by atoms with van der Waals surface area (Å²) in [5, 5.41) is -3.59. The Morgan fingerprint density at radius 3 is 1.80 bits per heavy atom. The normalized spacial score (nSPS) is 22.1. The van der Waals surface area contributed by atoms with Crippen LogP contribution in [0.1, 0.15) is 44.0 Å². The summed E-state index contributed by atoms with van der Waals surface area (Å²) in [5.74, 6) is 0. The fraction of sp³-hybridized carbons (Fsp3) is 0.0256. The first-order valence-electron chi connectivity index (χ1n) is 23.9. The van der Waals surface area contributed by atoms with Crippen LogP contribution in [0.3, 0.4) is 0 Å². The molecule has 186 valence electrons. The van der Waals surface area contributed by atoms with Crippen molar-refractivity contribution in [3.05, 3.63) is 144 Å². The van der Waals surface area contributed by atoms with Gasteiger partial charge in [0.2, 0.25) is 0 Å². The van der Waals surface area contributed by atoms with Gasteiger partial charge in [0.1, 0.15) is 11.2 Å². The zero-order valence-corrected chi connectivity index (χ0v) is 19.9. The lowest BCUT2D eigenvalue weighted by atomic mass is 9.83. The maximum atomic E-state index is 9.62. The third-order valence-corrected chi connectivity index (χ3v) is 6.82. The number of benzene rings is 7.